The fourth-order valence-electron chi connectivity index (χ4n) is 2.83. The topological polar surface area (TPSA) is 122 Å². The predicted molar refractivity (Wildman–Crippen MR) is 116 cm³/mol. The average molecular weight is 480 g/mol. The molecule has 0 unspecified atom stereocenters. The van der Waals surface area contributed by atoms with Crippen molar-refractivity contribution in [2.45, 2.75) is 0 Å². The third-order valence-corrected chi connectivity index (χ3v) is 4.91. The Morgan fingerprint density at radius 2 is 1.74 bits per heavy atom. The molecule has 0 heterocycles. The summed E-state index contributed by atoms with van der Waals surface area (Å²) in [4.78, 5) is 35.0. The van der Waals surface area contributed by atoms with Crippen molar-refractivity contribution >= 4 is 39.2 Å². The number of halogens is 1. The molecule has 31 heavy (non-hydrogen) atoms. The van der Waals surface area contributed by atoms with Crippen molar-refractivity contribution in [3.05, 3.63) is 92.4 Å². The van der Waals surface area contributed by atoms with Crippen LogP contribution in [0.15, 0.2) is 71.2 Å². The van der Waals surface area contributed by atoms with Gasteiger partial charge in [0.05, 0.1) is 27.8 Å². The molecule has 3 rings (SSSR count). The lowest BCUT2D eigenvalue weighted by atomic mass is 9.96. The Morgan fingerprint density at radius 3 is 2.42 bits per heavy atom. The Bertz CT molecular complexity index is 1220. The van der Waals surface area contributed by atoms with Crippen LogP contribution in [0.1, 0.15) is 15.9 Å². The van der Waals surface area contributed by atoms with E-state index in [-0.39, 0.29) is 11.3 Å². The first kappa shape index (κ1) is 21.7. The smallest absolute Gasteiger partial charge is 0.339 e. The van der Waals surface area contributed by atoms with Crippen LogP contribution in [-0.4, -0.2) is 23.4 Å². The van der Waals surface area contributed by atoms with Gasteiger partial charge in [0.15, 0.2) is 6.61 Å². The Balaban J connectivity index is 1.71. The molecule has 0 aromatic heterocycles. The molecule has 9 heteroatoms. The highest BCUT2D eigenvalue weighted by Gasteiger charge is 2.18. The van der Waals surface area contributed by atoms with Gasteiger partial charge in [-0.05, 0) is 39.7 Å². The summed E-state index contributed by atoms with van der Waals surface area (Å²) in [6, 6.07) is 19.5. The van der Waals surface area contributed by atoms with Crippen molar-refractivity contribution in [3.8, 4) is 17.2 Å². The fourth-order valence-corrected chi connectivity index (χ4v) is 3.29. The standard InChI is InChI=1S/C22H14BrN3O5/c23-19-11-15(26(29)30)9-10-20(19)25-21(27)13-31-22(28)18-8-4-3-7-17(18)16-6-2-1-5-14(16)12-24/h1-11H,13H2,(H,25,27). The number of nitro groups is 1. The molecule has 8 nitrogen and oxygen atoms in total. The number of hydrogen-bond acceptors (Lipinski definition) is 6. The number of nitriles is 1. The molecule has 154 valence electrons. The van der Waals surface area contributed by atoms with Crippen LogP contribution in [0.2, 0.25) is 0 Å². The highest BCUT2D eigenvalue weighted by molar-refractivity contribution is 9.10. The van der Waals surface area contributed by atoms with Gasteiger partial charge in [-0.2, -0.15) is 5.26 Å². The lowest BCUT2D eigenvalue weighted by Gasteiger charge is -2.11. The second-order valence-corrected chi connectivity index (χ2v) is 7.10. The van der Waals surface area contributed by atoms with Gasteiger partial charge in [0.25, 0.3) is 11.6 Å². The molecule has 0 saturated heterocycles. The molecule has 1 N–H and O–H groups in total. The van der Waals surface area contributed by atoms with Gasteiger partial charge >= 0.3 is 5.97 Å². The third kappa shape index (κ3) is 5.12. The number of carbonyl (C=O) groups excluding carboxylic acids is 2. The quantitative estimate of drug-likeness (QED) is 0.310. The summed E-state index contributed by atoms with van der Waals surface area (Å²) in [5.41, 5.74) is 1.89. The molecule has 0 aliphatic heterocycles. The van der Waals surface area contributed by atoms with E-state index in [2.05, 4.69) is 27.3 Å². The number of nitro benzene ring substituents is 1. The van der Waals surface area contributed by atoms with Gasteiger partial charge < -0.3 is 10.1 Å². The Labute approximate surface area is 185 Å². The summed E-state index contributed by atoms with van der Waals surface area (Å²) in [5.74, 6) is -1.33. The van der Waals surface area contributed by atoms with Crippen LogP contribution in [0.3, 0.4) is 0 Å². The van der Waals surface area contributed by atoms with E-state index in [1.165, 1.54) is 18.2 Å². The molecule has 0 spiro atoms. The summed E-state index contributed by atoms with van der Waals surface area (Å²) < 4.78 is 5.46. The molecule has 0 aliphatic carbocycles. The van der Waals surface area contributed by atoms with Gasteiger partial charge in [0.2, 0.25) is 0 Å². The second kappa shape index (κ2) is 9.65. The van der Waals surface area contributed by atoms with Crippen molar-refractivity contribution < 1.29 is 19.2 Å². The molecule has 0 bridgehead atoms. The number of hydrogen-bond donors (Lipinski definition) is 1. The zero-order chi connectivity index (χ0) is 22.4. The number of esters is 1. The first-order chi connectivity index (χ1) is 14.9. The molecule has 3 aromatic rings. The van der Waals surface area contributed by atoms with Gasteiger partial charge in [0, 0.05) is 22.2 Å². The Kier molecular flexibility index (Phi) is 6.74. The van der Waals surface area contributed by atoms with E-state index in [4.69, 9.17) is 4.74 Å². The van der Waals surface area contributed by atoms with E-state index in [0.717, 1.165) is 0 Å². The number of ether oxygens (including phenoxy) is 1. The zero-order valence-corrected chi connectivity index (χ0v) is 17.5. The van der Waals surface area contributed by atoms with E-state index in [1.807, 2.05) is 0 Å². The minimum Gasteiger partial charge on any atom is -0.452 e. The largest absolute Gasteiger partial charge is 0.452 e. The van der Waals surface area contributed by atoms with Gasteiger partial charge in [-0.1, -0.05) is 36.4 Å². The van der Waals surface area contributed by atoms with Crippen LogP contribution in [0.4, 0.5) is 11.4 Å². The molecule has 3 aromatic carbocycles. The lowest BCUT2D eigenvalue weighted by molar-refractivity contribution is -0.384. The van der Waals surface area contributed by atoms with E-state index < -0.39 is 23.4 Å². The van der Waals surface area contributed by atoms with Crippen molar-refractivity contribution in [2.24, 2.45) is 0 Å². The molecular weight excluding hydrogens is 466 g/mol. The number of non-ortho nitro benzene ring substituents is 1. The number of anilines is 1. The SMILES string of the molecule is N#Cc1ccccc1-c1ccccc1C(=O)OCC(=O)Nc1ccc([N+](=O)[O-])cc1Br. The van der Waals surface area contributed by atoms with Gasteiger partial charge in [-0.3, -0.25) is 14.9 Å². The molecule has 0 atom stereocenters. The van der Waals surface area contributed by atoms with Crippen molar-refractivity contribution in [1.29, 1.82) is 5.26 Å². The highest BCUT2D eigenvalue weighted by Crippen LogP contribution is 2.28. The van der Waals surface area contributed by atoms with Crippen LogP contribution in [0.25, 0.3) is 11.1 Å². The predicted octanol–water partition coefficient (Wildman–Crippen LogP) is 4.69. The molecule has 0 aliphatic rings. The van der Waals surface area contributed by atoms with Crippen LogP contribution >= 0.6 is 15.9 Å². The molecule has 0 radical (unpaired) electrons. The summed E-state index contributed by atoms with van der Waals surface area (Å²) in [6.07, 6.45) is 0. The minimum absolute atomic E-state index is 0.134. The van der Waals surface area contributed by atoms with Gasteiger partial charge in [-0.15, -0.1) is 0 Å². The maximum absolute atomic E-state index is 12.6. The number of nitrogens with zero attached hydrogens (tertiary/aromatic N) is 2. The summed E-state index contributed by atoms with van der Waals surface area (Å²) in [5, 5.41) is 22.6. The number of benzene rings is 3. The number of nitrogens with one attached hydrogen (secondary N) is 1. The van der Waals surface area contributed by atoms with E-state index in [9.17, 15) is 25.0 Å². The van der Waals surface area contributed by atoms with Crippen molar-refractivity contribution in [2.75, 3.05) is 11.9 Å². The average Bonchev–Trinajstić information content (AvgIpc) is 2.78. The Morgan fingerprint density at radius 1 is 1.06 bits per heavy atom. The van der Waals surface area contributed by atoms with Crippen LogP contribution in [0.5, 0.6) is 0 Å². The lowest BCUT2D eigenvalue weighted by Crippen LogP contribution is -2.21. The van der Waals surface area contributed by atoms with Gasteiger partial charge in [-0.25, -0.2) is 4.79 Å². The summed E-state index contributed by atoms with van der Waals surface area (Å²) in [6.45, 7) is -0.559. The number of rotatable bonds is 6. The van der Waals surface area contributed by atoms with Gasteiger partial charge in [0.1, 0.15) is 0 Å². The fraction of sp³-hybridized carbons (Fsp3) is 0.0455. The molecule has 1 amide bonds. The first-order valence-corrected chi connectivity index (χ1v) is 9.69. The first-order valence-electron chi connectivity index (χ1n) is 8.90. The Hall–Kier alpha value is -4.03. The van der Waals surface area contributed by atoms with Crippen molar-refractivity contribution in [1.82, 2.24) is 0 Å². The van der Waals surface area contributed by atoms with E-state index in [0.29, 0.717) is 26.9 Å². The normalized spacial score (nSPS) is 10.1. The summed E-state index contributed by atoms with van der Waals surface area (Å²) >= 11 is 3.16. The maximum Gasteiger partial charge on any atom is 0.339 e. The second-order valence-electron chi connectivity index (χ2n) is 6.25. The molecule has 0 saturated carbocycles. The minimum atomic E-state index is -0.721. The monoisotopic (exact) mass is 479 g/mol. The molecule has 0 fully saturated rings. The number of amides is 1. The van der Waals surface area contributed by atoms with Crippen LogP contribution in [0, 0.1) is 21.4 Å². The highest BCUT2D eigenvalue weighted by atomic mass is 79.9. The van der Waals surface area contributed by atoms with Crippen LogP contribution < -0.4 is 5.32 Å². The zero-order valence-electron chi connectivity index (χ0n) is 15.9. The third-order valence-electron chi connectivity index (χ3n) is 4.26. The van der Waals surface area contributed by atoms with Crippen LogP contribution in [-0.2, 0) is 9.53 Å². The van der Waals surface area contributed by atoms with E-state index in [1.54, 1.807) is 48.5 Å². The van der Waals surface area contributed by atoms with E-state index >= 15 is 0 Å². The maximum atomic E-state index is 12.6. The van der Waals surface area contributed by atoms with Crippen molar-refractivity contribution in [3.63, 3.8) is 0 Å². The number of carbonyl (C=O) groups is 2. The molecular formula is C22H14BrN3O5. The summed E-state index contributed by atoms with van der Waals surface area (Å²) in [7, 11) is 0.